The van der Waals surface area contributed by atoms with Crippen LogP contribution < -0.4 is 15.4 Å². The first-order valence-electron chi connectivity index (χ1n) is 8.11. The molecule has 1 heterocycles. The summed E-state index contributed by atoms with van der Waals surface area (Å²) in [5.41, 5.74) is 1.43. The summed E-state index contributed by atoms with van der Waals surface area (Å²) in [6, 6.07) is 4.57. The van der Waals surface area contributed by atoms with E-state index < -0.39 is 6.61 Å². The number of carbonyl (C=O) groups is 1. The highest BCUT2D eigenvalue weighted by atomic mass is 19.3. The number of carbonyl (C=O) groups excluding carboxylic acids is 1. The number of amides is 2. The van der Waals surface area contributed by atoms with Crippen LogP contribution in [0.25, 0.3) is 0 Å². The number of nitrogens with one attached hydrogen (secondary N) is 2. The third kappa shape index (κ3) is 5.96. The Kier molecular flexibility index (Phi) is 6.78. The fraction of sp³-hybridized carbons (Fsp3) is 0.588. The second-order valence-electron chi connectivity index (χ2n) is 6.13. The number of rotatable bonds is 6. The van der Waals surface area contributed by atoms with Crippen LogP contribution in [0.5, 0.6) is 5.75 Å². The molecule has 1 saturated heterocycles. The van der Waals surface area contributed by atoms with Crippen LogP contribution in [0.4, 0.5) is 13.6 Å². The first kappa shape index (κ1) is 18.4. The standard InChI is InChI=1S/C17H24F2N2O3/c1-11-3-4-15(24-16(18)19)14(7-11)10-21-17(22)20-9-13-5-6-23-12(2)8-13/h3-4,7,12-13,16H,5-6,8-10H2,1-2H3,(H2,20,21,22)/t12-,13-/m1/s1. The minimum Gasteiger partial charge on any atom is -0.434 e. The Morgan fingerprint density at radius 3 is 2.92 bits per heavy atom. The number of ether oxygens (including phenoxy) is 2. The third-order valence-electron chi connectivity index (χ3n) is 4.02. The highest BCUT2D eigenvalue weighted by Gasteiger charge is 2.19. The number of hydrogen-bond acceptors (Lipinski definition) is 3. The Morgan fingerprint density at radius 2 is 2.21 bits per heavy atom. The molecule has 1 aliphatic rings. The van der Waals surface area contributed by atoms with Crippen molar-refractivity contribution in [3.63, 3.8) is 0 Å². The summed E-state index contributed by atoms with van der Waals surface area (Å²) in [7, 11) is 0. The first-order valence-corrected chi connectivity index (χ1v) is 8.11. The summed E-state index contributed by atoms with van der Waals surface area (Å²) in [5.74, 6) is 0.477. The van der Waals surface area contributed by atoms with E-state index in [0.29, 0.717) is 24.6 Å². The van der Waals surface area contributed by atoms with Crippen LogP contribution in [0.15, 0.2) is 18.2 Å². The van der Waals surface area contributed by atoms with Gasteiger partial charge in [0.05, 0.1) is 6.10 Å². The Balaban J connectivity index is 1.81. The maximum Gasteiger partial charge on any atom is 0.387 e. The van der Waals surface area contributed by atoms with Crippen molar-refractivity contribution in [3.05, 3.63) is 29.3 Å². The van der Waals surface area contributed by atoms with Crippen molar-refractivity contribution in [3.8, 4) is 5.75 Å². The van der Waals surface area contributed by atoms with E-state index in [0.717, 1.165) is 18.4 Å². The lowest BCUT2D eigenvalue weighted by atomic mass is 9.96. The molecular weight excluding hydrogens is 318 g/mol. The monoisotopic (exact) mass is 342 g/mol. The van der Waals surface area contributed by atoms with Crippen LogP contribution in [-0.2, 0) is 11.3 Å². The molecule has 0 bridgehead atoms. The summed E-state index contributed by atoms with van der Waals surface area (Å²) in [6.45, 7) is 2.40. The molecule has 2 atom stereocenters. The molecule has 0 unspecified atom stereocenters. The molecular formula is C17H24F2N2O3. The van der Waals surface area contributed by atoms with Gasteiger partial charge in [0.15, 0.2) is 0 Å². The molecule has 5 nitrogen and oxygen atoms in total. The van der Waals surface area contributed by atoms with E-state index in [2.05, 4.69) is 15.4 Å². The summed E-state index contributed by atoms with van der Waals surface area (Å²) >= 11 is 0. The van der Waals surface area contributed by atoms with Crippen molar-refractivity contribution in [2.24, 2.45) is 5.92 Å². The van der Waals surface area contributed by atoms with E-state index in [1.165, 1.54) is 6.07 Å². The topological polar surface area (TPSA) is 59.6 Å². The van der Waals surface area contributed by atoms with Crippen molar-refractivity contribution >= 4 is 6.03 Å². The van der Waals surface area contributed by atoms with Crippen molar-refractivity contribution < 1.29 is 23.0 Å². The summed E-state index contributed by atoms with van der Waals surface area (Å²) < 4.78 is 34.8. The molecule has 1 aliphatic heterocycles. The molecule has 134 valence electrons. The van der Waals surface area contributed by atoms with Crippen LogP contribution in [-0.4, -0.2) is 31.9 Å². The molecule has 0 aromatic heterocycles. The van der Waals surface area contributed by atoms with Gasteiger partial charge in [-0.25, -0.2) is 4.79 Å². The molecule has 24 heavy (non-hydrogen) atoms. The van der Waals surface area contributed by atoms with Crippen LogP contribution in [0.3, 0.4) is 0 Å². The molecule has 7 heteroatoms. The molecule has 2 amide bonds. The minimum absolute atomic E-state index is 0.0779. The van der Waals surface area contributed by atoms with Gasteiger partial charge < -0.3 is 20.1 Å². The van der Waals surface area contributed by atoms with Crippen molar-refractivity contribution in [1.29, 1.82) is 0 Å². The molecule has 0 aliphatic carbocycles. The Morgan fingerprint density at radius 1 is 1.42 bits per heavy atom. The number of alkyl halides is 2. The average molecular weight is 342 g/mol. The van der Waals surface area contributed by atoms with Crippen LogP contribution in [0, 0.1) is 12.8 Å². The normalized spacial score (nSPS) is 20.7. The Bertz CT molecular complexity index is 555. The van der Waals surface area contributed by atoms with Crippen LogP contribution in [0.1, 0.15) is 30.9 Å². The predicted molar refractivity (Wildman–Crippen MR) is 86.2 cm³/mol. The molecule has 1 fully saturated rings. The van der Waals surface area contributed by atoms with E-state index in [1.54, 1.807) is 12.1 Å². The minimum atomic E-state index is -2.89. The highest BCUT2D eigenvalue weighted by molar-refractivity contribution is 5.73. The van der Waals surface area contributed by atoms with Gasteiger partial charge >= 0.3 is 12.6 Å². The number of aryl methyl sites for hydroxylation is 1. The van der Waals surface area contributed by atoms with E-state index in [-0.39, 0.29) is 24.4 Å². The van der Waals surface area contributed by atoms with Crippen molar-refractivity contribution in [2.75, 3.05) is 13.2 Å². The van der Waals surface area contributed by atoms with E-state index in [1.807, 2.05) is 13.8 Å². The quantitative estimate of drug-likeness (QED) is 0.835. The van der Waals surface area contributed by atoms with Crippen molar-refractivity contribution in [2.45, 2.75) is 45.9 Å². The maximum absolute atomic E-state index is 12.4. The lowest BCUT2D eigenvalue weighted by Gasteiger charge is -2.27. The van der Waals surface area contributed by atoms with Crippen LogP contribution in [0.2, 0.25) is 0 Å². The highest BCUT2D eigenvalue weighted by Crippen LogP contribution is 2.22. The van der Waals surface area contributed by atoms with Gasteiger partial charge in [0.25, 0.3) is 0 Å². The summed E-state index contributed by atoms with van der Waals surface area (Å²) in [5, 5.41) is 5.51. The zero-order chi connectivity index (χ0) is 17.5. The zero-order valence-electron chi connectivity index (χ0n) is 14.0. The fourth-order valence-electron chi connectivity index (χ4n) is 2.81. The first-order chi connectivity index (χ1) is 11.4. The lowest BCUT2D eigenvalue weighted by molar-refractivity contribution is -0.0504. The second-order valence-corrected chi connectivity index (χ2v) is 6.13. The van der Waals surface area contributed by atoms with Gasteiger partial charge in [0, 0.05) is 25.3 Å². The smallest absolute Gasteiger partial charge is 0.387 e. The van der Waals surface area contributed by atoms with E-state index in [9.17, 15) is 13.6 Å². The van der Waals surface area contributed by atoms with Gasteiger partial charge in [0.1, 0.15) is 5.75 Å². The summed E-state index contributed by atoms with van der Waals surface area (Å²) in [6.07, 6.45) is 2.06. The molecule has 0 spiro atoms. The lowest BCUT2D eigenvalue weighted by Crippen LogP contribution is -2.40. The third-order valence-corrected chi connectivity index (χ3v) is 4.02. The molecule has 2 N–H and O–H groups in total. The van der Waals surface area contributed by atoms with E-state index >= 15 is 0 Å². The number of benzene rings is 1. The number of hydrogen-bond donors (Lipinski definition) is 2. The molecule has 0 saturated carbocycles. The zero-order valence-corrected chi connectivity index (χ0v) is 14.0. The largest absolute Gasteiger partial charge is 0.434 e. The van der Waals surface area contributed by atoms with Gasteiger partial charge in [-0.05, 0) is 38.7 Å². The predicted octanol–water partition coefficient (Wildman–Crippen LogP) is 3.21. The number of urea groups is 1. The van der Waals surface area contributed by atoms with Crippen LogP contribution >= 0.6 is 0 Å². The fourth-order valence-corrected chi connectivity index (χ4v) is 2.81. The Hall–Kier alpha value is -1.89. The SMILES string of the molecule is Cc1ccc(OC(F)F)c(CNC(=O)NC[C@@H]2CCO[C@H](C)C2)c1. The van der Waals surface area contributed by atoms with Gasteiger partial charge in [-0.3, -0.25) is 0 Å². The molecule has 1 aromatic rings. The van der Waals surface area contributed by atoms with Gasteiger partial charge in [-0.15, -0.1) is 0 Å². The van der Waals surface area contributed by atoms with Gasteiger partial charge in [-0.1, -0.05) is 17.7 Å². The Labute approximate surface area is 140 Å². The van der Waals surface area contributed by atoms with Gasteiger partial charge in [0.2, 0.25) is 0 Å². The average Bonchev–Trinajstić information content (AvgIpc) is 2.53. The van der Waals surface area contributed by atoms with Crippen molar-refractivity contribution in [1.82, 2.24) is 10.6 Å². The second kappa shape index (κ2) is 8.82. The maximum atomic E-state index is 12.4. The molecule has 2 rings (SSSR count). The van der Waals surface area contributed by atoms with Gasteiger partial charge in [-0.2, -0.15) is 8.78 Å². The number of halogens is 2. The molecule has 1 aromatic carbocycles. The van der Waals surface area contributed by atoms with E-state index in [4.69, 9.17) is 4.74 Å². The molecule has 0 radical (unpaired) electrons. The summed E-state index contributed by atoms with van der Waals surface area (Å²) in [4.78, 5) is 11.9.